The van der Waals surface area contributed by atoms with Gasteiger partial charge in [-0.25, -0.2) is 0 Å². The third kappa shape index (κ3) is 2.69. The molecule has 3 aromatic rings. The second kappa shape index (κ2) is 5.61. The summed E-state index contributed by atoms with van der Waals surface area (Å²) in [6.07, 6.45) is 3.38. The fourth-order valence-corrected chi connectivity index (χ4v) is 2.63. The molecular weight excluding hydrogens is 288 g/mol. The predicted molar refractivity (Wildman–Crippen MR) is 89.9 cm³/mol. The van der Waals surface area contributed by atoms with Gasteiger partial charge in [0.1, 0.15) is 0 Å². The van der Waals surface area contributed by atoms with Crippen molar-refractivity contribution in [1.82, 2.24) is 0 Å². The first-order valence-corrected chi connectivity index (χ1v) is 7.40. The lowest BCUT2D eigenvalue weighted by Gasteiger charge is -2.01. The number of fused-ring (bicyclic) bond motifs is 2. The van der Waals surface area contributed by atoms with Crippen molar-refractivity contribution in [2.45, 2.75) is 0 Å². The number of benzene rings is 3. The van der Waals surface area contributed by atoms with E-state index in [2.05, 4.69) is 0 Å². The first-order chi connectivity index (χ1) is 11.3. The normalized spacial score (nSPS) is 12.9. The topological polar surface area (TPSA) is 35.5 Å². The summed E-state index contributed by atoms with van der Waals surface area (Å²) in [6, 6.07) is 19.4. The van der Waals surface area contributed by atoms with Crippen LogP contribution in [0.3, 0.4) is 0 Å². The lowest BCUT2D eigenvalue weighted by atomic mass is 10.0. The number of carbonyl (C=O) groups is 1. The zero-order valence-corrected chi connectivity index (χ0v) is 12.4. The van der Waals surface area contributed by atoms with E-state index in [0.717, 1.165) is 22.1 Å². The Morgan fingerprint density at radius 2 is 1.70 bits per heavy atom. The summed E-state index contributed by atoms with van der Waals surface area (Å²) < 4.78 is 10.6. The van der Waals surface area contributed by atoms with Crippen molar-refractivity contribution >= 4 is 22.6 Å². The minimum atomic E-state index is -0.0200. The third-order valence-electron chi connectivity index (χ3n) is 3.86. The molecule has 1 aliphatic heterocycles. The molecule has 0 saturated carbocycles. The van der Waals surface area contributed by atoms with E-state index in [9.17, 15) is 4.79 Å². The number of hydrogen-bond donors (Lipinski definition) is 0. The zero-order chi connectivity index (χ0) is 15.6. The summed E-state index contributed by atoms with van der Waals surface area (Å²) >= 11 is 0. The molecule has 1 aliphatic rings. The van der Waals surface area contributed by atoms with Crippen molar-refractivity contribution in [2.75, 3.05) is 6.79 Å². The first kappa shape index (κ1) is 13.6. The van der Waals surface area contributed by atoms with Gasteiger partial charge in [0.25, 0.3) is 0 Å². The standard InChI is InChI=1S/C20H14O3/c21-18(17-8-7-15-3-1-2-4-16(15)12-17)9-5-14-6-10-19-20(11-14)23-13-22-19/h1-12H,13H2. The maximum Gasteiger partial charge on any atom is 0.231 e. The van der Waals surface area contributed by atoms with E-state index >= 15 is 0 Å². The van der Waals surface area contributed by atoms with Gasteiger partial charge in [-0.2, -0.15) is 0 Å². The van der Waals surface area contributed by atoms with Crippen LogP contribution in [0.4, 0.5) is 0 Å². The summed E-state index contributed by atoms with van der Waals surface area (Å²) in [4.78, 5) is 12.4. The Morgan fingerprint density at radius 3 is 2.61 bits per heavy atom. The van der Waals surface area contributed by atoms with Gasteiger partial charge in [0, 0.05) is 5.56 Å². The molecule has 0 amide bonds. The van der Waals surface area contributed by atoms with E-state index in [1.807, 2.05) is 60.7 Å². The Bertz CT molecular complexity index is 925. The summed E-state index contributed by atoms with van der Waals surface area (Å²) in [5.41, 5.74) is 1.59. The molecule has 3 nitrogen and oxygen atoms in total. The van der Waals surface area contributed by atoms with Crippen LogP contribution in [-0.4, -0.2) is 12.6 Å². The Hall–Kier alpha value is -3.07. The Balaban J connectivity index is 1.58. The van der Waals surface area contributed by atoms with Crippen LogP contribution in [-0.2, 0) is 0 Å². The van der Waals surface area contributed by atoms with Crippen molar-refractivity contribution in [3.8, 4) is 11.5 Å². The van der Waals surface area contributed by atoms with Crippen molar-refractivity contribution in [2.24, 2.45) is 0 Å². The lowest BCUT2D eigenvalue weighted by Crippen LogP contribution is -1.93. The van der Waals surface area contributed by atoms with Crippen molar-refractivity contribution in [3.05, 3.63) is 77.9 Å². The highest BCUT2D eigenvalue weighted by Gasteiger charge is 2.12. The second-order valence-corrected chi connectivity index (χ2v) is 5.37. The van der Waals surface area contributed by atoms with E-state index in [0.29, 0.717) is 11.3 Å². The van der Waals surface area contributed by atoms with Gasteiger partial charge < -0.3 is 9.47 Å². The fourth-order valence-electron chi connectivity index (χ4n) is 2.63. The largest absolute Gasteiger partial charge is 0.454 e. The molecule has 0 fully saturated rings. The van der Waals surface area contributed by atoms with Crippen LogP contribution < -0.4 is 9.47 Å². The van der Waals surface area contributed by atoms with E-state index in [4.69, 9.17) is 9.47 Å². The summed E-state index contributed by atoms with van der Waals surface area (Å²) in [5, 5.41) is 2.19. The van der Waals surface area contributed by atoms with Crippen LogP contribution in [0.15, 0.2) is 66.7 Å². The highest BCUT2D eigenvalue weighted by atomic mass is 16.7. The number of ketones is 1. The zero-order valence-electron chi connectivity index (χ0n) is 12.4. The number of hydrogen-bond acceptors (Lipinski definition) is 3. The van der Waals surface area contributed by atoms with E-state index in [1.54, 1.807) is 12.2 Å². The van der Waals surface area contributed by atoms with Crippen LogP contribution >= 0.6 is 0 Å². The minimum Gasteiger partial charge on any atom is -0.454 e. The Labute approximate surface area is 133 Å². The lowest BCUT2D eigenvalue weighted by molar-refractivity contribution is 0.104. The molecule has 1 heterocycles. The minimum absolute atomic E-state index is 0.0200. The summed E-state index contributed by atoms with van der Waals surface area (Å²) in [7, 11) is 0. The van der Waals surface area contributed by atoms with Crippen LogP contribution in [0.25, 0.3) is 16.8 Å². The molecule has 0 N–H and O–H groups in total. The van der Waals surface area contributed by atoms with E-state index in [-0.39, 0.29) is 12.6 Å². The Morgan fingerprint density at radius 1 is 0.870 bits per heavy atom. The van der Waals surface area contributed by atoms with Gasteiger partial charge in [-0.15, -0.1) is 0 Å². The van der Waals surface area contributed by atoms with Gasteiger partial charge in [0.2, 0.25) is 6.79 Å². The fraction of sp³-hybridized carbons (Fsp3) is 0.0500. The van der Waals surface area contributed by atoms with Crippen molar-refractivity contribution in [1.29, 1.82) is 0 Å². The number of allylic oxidation sites excluding steroid dienone is 1. The van der Waals surface area contributed by atoms with Gasteiger partial charge in [-0.3, -0.25) is 4.79 Å². The van der Waals surface area contributed by atoms with Crippen LogP contribution in [0.5, 0.6) is 11.5 Å². The van der Waals surface area contributed by atoms with Gasteiger partial charge in [0.15, 0.2) is 17.3 Å². The monoisotopic (exact) mass is 302 g/mol. The molecule has 0 saturated heterocycles. The van der Waals surface area contributed by atoms with Gasteiger partial charge in [-0.05, 0) is 40.6 Å². The molecule has 0 radical (unpaired) electrons. The van der Waals surface area contributed by atoms with Gasteiger partial charge >= 0.3 is 0 Å². The summed E-state index contributed by atoms with van der Waals surface area (Å²) in [6.45, 7) is 0.249. The molecule has 4 rings (SSSR count). The third-order valence-corrected chi connectivity index (χ3v) is 3.86. The molecule has 0 spiro atoms. The van der Waals surface area contributed by atoms with Gasteiger partial charge in [-0.1, -0.05) is 48.5 Å². The molecular formula is C20H14O3. The number of rotatable bonds is 3. The molecule has 0 aliphatic carbocycles. The average Bonchev–Trinajstić information content (AvgIpc) is 3.07. The number of ether oxygens (including phenoxy) is 2. The van der Waals surface area contributed by atoms with E-state index in [1.165, 1.54) is 0 Å². The molecule has 0 atom stereocenters. The average molecular weight is 302 g/mol. The van der Waals surface area contributed by atoms with Crippen LogP contribution in [0, 0.1) is 0 Å². The SMILES string of the molecule is O=C(C=Cc1ccc2c(c1)OCO2)c1ccc2ccccc2c1. The smallest absolute Gasteiger partial charge is 0.231 e. The molecule has 23 heavy (non-hydrogen) atoms. The highest BCUT2D eigenvalue weighted by Crippen LogP contribution is 2.32. The van der Waals surface area contributed by atoms with E-state index < -0.39 is 0 Å². The Kier molecular flexibility index (Phi) is 3.31. The van der Waals surface area contributed by atoms with Crippen LogP contribution in [0.2, 0.25) is 0 Å². The first-order valence-electron chi connectivity index (χ1n) is 7.40. The molecule has 0 unspecified atom stereocenters. The maximum atomic E-state index is 12.4. The summed E-state index contributed by atoms with van der Waals surface area (Å²) in [5.74, 6) is 1.43. The highest BCUT2D eigenvalue weighted by molar-refractivity contribution is 6.08. The number of carbonyl (C=O) groups excluding carboxylic acids is 1. The molecule has 3 heteroatoms. The second-order valence-electron chi connectivity index (χ2n) is 5.37. The molecule has 0 aromatic heterocycles. The molecule has 112 valence electrons. The van der Waals surface area contributed by atoms with Gasteiger partial charge in [0.05, 0.1) is 0 Å². The quantitative estimate of drug-likeness (QED) is 0.529. The molecule has 3 aromatic carbocycles. The van der Waals surface area contributed by atoms with Crippen molar-refractivity contribution < 1.29 is 14.3 Å². The van der Waals surface area contributed by atoms with Crippen molar-refractivity contribution in [3.63, 3.8) is 0 Å². The maximum absolute atomic E-state index is 12.4. The predicted octanol–water partition coefficient (Wildman–Crippen LogP) is 4.46. The van der Waals surface area contributed by atoms with Crippen LogP contribution in [0.1, 0.15) is 15.9 Å². The molecule has 0 bridgehead atoms.